The molecule has 0 unspecified atom stereocenters. The zero-order chi connectivity index (χ0) is 18.4. The second kappa shape index (κ2) is 8.85. The SMILES string of the molecule is COc1ccc(CCN(C)[C@H]2CCCN(c3cnccn3)C2)cc1OC. The van der Waals surface area contributed by atoms with Gasteiger partial charge in [0.05, 0.1) is 20.4 Å². The zero-order valence-corrected chi connectivity index (χ0v) is 15.9. The molecule has 6 heteroatoms. The van der Waals surface area contributed by atoms with Crippen molar-refractivity contribution >= 4 is 5.82 Å². The molecule has 0 spiro atoms. The van der Waals surface area contributed by atoms with E-state index >= 15 is 0 Å². The highest BCUT2D eigenvalue weighted by Gasteiger charge is 2.24. The van der Waals surface area contributed by atoms with Gasteiger partial charge in [-0.3, -0.25) is 4.98 Å². The minimum absolute atomic E-state index is 0.533. The Hall–Kier alpha value is -2.34. The summed E-state index contributed by atoms with van der Waals surface area (Å²) in [5.41, 5.74) is 1.26. The van der Waals surface area contributed by atoms with Crippen molar-refractivity contribution < 1.29 is 9.47 Å². The van der Waals surface area contributed by atoms with Gasteiger partial charge in [-0.05, 0) is 44.0 Å². The molecule has 0 amide bonds. The summed E-state index contributed by atoms with van der Waals surface area (Å²) in [5.74, 6) is 2.54. The fourth-order valence-electron chi connectivity index (χ4n) is 3.50. The summed E-state index contributed by atoms with van der Waals surface area (Å²) in [6, 6.07) is 6.69. The largest absolute Gasteiger partial charge is 0.493 e. The van der Waals surface area contributed by atoms with Gasteiger partial charge in [-0.1, -0.05) is 6.07 Å². The van der Waals surface area contributed by atoms with Crippen LogP contribution in [-0.2, 0) is 6.42 Å². The molecule has 1 aromatic carbocycles. The molecule has 1 aromatic heterocycles. The number of likely N-dealkylation sites (N-methyl/N-ethyl adjacent to an activating group) is 1. The molecule has 140 valence electrons. The highest BCUT2D eigenvalue weighted by Crippen LogP contribution is 2.28. The molecule has 1 atom stereocenters. The van der Waals surface area contributed by atoms with Crippen molar-refractivity contribution in [1.82, 2.24) is 14.9 Å². The summed E-state index contributed by atoms with van der Waals surface area (Å²) in [5, 5.41) is 0. The highest BCUT2D eigenvalue weighted by atomic mass is 16.5. The maximum Gasteiger partial charge on any atom is 0.160 e. The van der Waals surface area contributed by atoms with Gasteiger partial charge < -0.3 is 19.3 Å². The molecule has 0 radical (unpaired) electrons. The lowest BCUT2D eigenvalue weighted by Gasteiger charge is -2.38. The molecule has 0 aliphatic carbocycles. The van der Waals surface area contributed by atoms with Crippen LogP contribution >= 0.6 is 0 Å². The summed E-state index contributed by atoms with van der Waals surface area (Å²) in [6.45, 7) is 3.06. The van der Waals surface area contributed by atoms with Gasteiger partial charge in [-0.2, -0.15) is 0 Å². The van der Waals surface area contributed by atoms with E-state index in [4.69, 9.17) is 9.47 Å². The molecular weight excluding hydrogens is 328 g/mol. The molecule has 1 aliphatic heterocycles. The van der Waals surface area contributed by atoms with Crippen LogP contribution in [0.15, 0.2) is 36.8 Å². The highest BCUT2D eigenvalue weighted by molar-refractivity contribution is 5.43. The third-order valence-electron chi connectivity index (χ3n) is 5.09. The Kier molecular flexibility index (Phi) is 6.28. The van der Waals surface area contributed by atoms with Crippen LogP contribution in [0.4, 0.5) is 5.82 Å². The summed E-state index contributed by atoms with van der Waals surface area (Å²) in [7, 11) is 5.56. The molecule has 1 aliphatic rings. The molecular formula is C20H28N4O2. The second-order valence-electron chi connectivity index (χ2n) is 6.73. The van der Waals surface area contributed by atoms with E-state index in [9.17, 15) is 0 Å². The first-order chi connectivity index (χ1) is 12.7. The van der Waals surface area contributed by atoms with Gasteiger partial charge in [0, 0.05) is 38.1 Å². The van der Waals surface area contributed by atoms with Crippen molar-refractivity contribution in [3.05, 3.63) is 42.4 Å². The third kappa shape index (κ3) is 4.43. The van der Waals surface area contributed by atoms with Crippen LogP contribution in [0, 0.1) is 0 Å². The first-order valence-corrected chi connectivity index (χ1v) is 9.13. The van der Waals surface area contributed by atoms with Crippen molar-refractivity contribution in [3.8, 4) is 11.5 Å². The van der Waals surface area contributed by atoms with Crippen LogP contribution in [0.25, 0.3) is 0 Å². The quantitative estimate of drug-likeness (QED) is 0.760. The average molecular weight is 356 g/mol. The lowest BCUT2D eigenvalue weighted by Crippen LogP contribution is -2.47. The van der Waals surface area contributed by atoms with Crippen molar-refractivity contribution in [2.75, 3.05) is 45.8 Å². The van der Waals surface area contributed by atoms with E-state index in [-0.39, 0.29) is 0 Å². The molecule has 1 fully saturated rings. The van der Waals surface area contributed by atoms with E-state index in [0.717, 1.165) is 43.4 Å². The fourth-order valence-corrected chi connectivity index (χ4v) is 3.50. The summed E-state index contributed by atoms with van der Waals surface area (Å²) >= 11 is 0. The van der Waals surface area contributed by atoms with Crippen LogP contribution in [0.5, 0.6) is 11.5 Å². The lowest BCUT2D eigenvalue weighted by molar-refractivity contribution is 0.217. The number of nitrogens with zero attached hydrogens (tertiary/aromatic N) is 4. The molecule has 0 bridgehead atoms. The third-order valence-corrected chi connectivity index (χ3v) is 5.09. The molecule has 0 saturated carbocycles. The normalized spacial score (nSPS) is 17.4. The summed E-state index contributed by atoms with van der Waals surface area (Å²) in [4.78, 5) is 13.4. The van der Waals surface area contributed by atoms with Gasteiger partial charge in [-0.25, -0.2) is 4.98 Å². The monoisotopic (exact) mass is 356 g/mol. The topological polar surface area (TPSA) is 50.7 Å². The Morgan fingerprint density at radius 3 is 2.77 bits per heavy atom. The maximum atomic E-state index is 5.40. The molecule has 1 saturated heterocycles. The molecule has 2 aromatic rings. The molecule has 3 rings (SSSR count). The van der Waals surface area contributed by atoms with Gasteiger partial charge >= 0.3 is 0 Å². The Balaban J connectivity index is 1.57. The average Bonchev–Trinajstić information content (AvgIpc) is 2.72. The summed E-state index contributed by atoms with van der Waals surface area (Å²) in [6.07, 6.45) is 8.73. The van der Waals surface area contributed by atoms with Crippen LogP contribution < -0.4 is 14.4 Å². The smallest absolute Gasteiger partial charge is 0.160 e. The van der Waals surface area contributed by atoms with Crippen LogP contribution in [0.1, 0.15) is 18.4 Å². The number of ether oxygens (including phenoxy) is 2. The van der Waals surface area contributed by atoms with Gasteiger partial charge in [0.1, 0.15) is 5.82 Å². The lowest BCUT2D eigenvalue weighted by atomic mass is 10.0. The summed E-state index contributed by atoms with van der Waals surface area (Å²) < 4.78 is 10.7. The van der Waals surface area contributed by atoms with E-state index in [2.05, 4.69) is 38.9 Å². The molecule has 6 nitrogen and oxygen atoms in total. The van der Waals surface area contributed by atoms with E-state index in [1.807, 2.05) is 12.3 Å². The van der Waals surface area contributed by atoms with Crippen LogP contribution in [-0.4, -0.2) is 61.8 Å². The van der Waals surface area contributed by atoms with Crippen molar-refractivity contribution in [2.24, 2.45) is 0 Å². The van der Waals surface area contributed by atoms with E-state index in [1.54, 1.807) is 26.6 Å². The van der Waals surface area contributed by atoms with E-state index < -0.39 is 0 Å². The predicted octanol–water partition coefficient (Wildman–Crippen LogP) is 2.64. The Labute approximate surface area is 155 Å². The molecule has 0 N–H and O–H groups in total. The number of aromatic nitrogens is 2. The standard InChI is InChI=1S/C20H28N4O2/c1-23(12-8-16-6-7-18(25-2)19(13-16)26-3)17-5-4-11-24(15-17)20-14-21-9-10-22-20/h6-7,9-10,13-14,17H,4-5,8,11-12,15H2,1-3H3/t17-/m0/s1. The van der Waals surface area contributed by atoms with E-state index in [1.165, 1.54) is 18.4 Å². The van der Waals surface area contributed by atoms with Crippen molar-refractivity contribution in [3.63, 3.8) is 0 Å². The maximum absolute atomic E-state index is 5.40. The minimum atomic E-state index is 0.533. The van der Waals surface area contributed by atoms with Gasteiger partial charge in [0.2, 0.25) is 0 Å². The zero-order valence-electron chi connectivity index (χ0n) is 15.9. The number of hydrogen-bond donors (Lipinski definition) is 0. The molecule has 2 heterocycles. The minimum Gasteiger partial charge on any atom is -0.493 e. The second-order valence-corrected chi connectivity index (χ2v) is 6.73. The first kappa shape index (κ1) is 18.5. The number of rotatable bonds is 7. The van der Waals surface area contributed by atoms with Crippen LogP contribution in [0.2, 0.25) is 0 Å². The number of hydrogen-bond acceptors (Lipinski definition) is 6. The van der Waals surface area contributed by atoms with Crippen molar-refractivity contribution in [1.29, 1.82) is 0 Å². The first-order valence-electron chi connectivity index (χ1n) is 9.13. The van der Waals surface area contributed by atoms with Gasteiger partial charge in [0.25, 0.3) is 0 Å². The predicted molar refractivity (Wildman–Crippen MR) is 103 cm³/mol. The van der Waals surface area contributed by atoms with Gasteiger partial charge in [-0.15, -0.1) is 0 Å². The number of anilines is 1. The number of methoxy groups -OCH3 is 2. The fraction of sp³-hybridized carbons (Fsp3) is 0.500. The Morgan fingerprint density at radius 2 is 2.04 bits per heavy atom. The molecule has 26 heavy (non-hydrogen) atoms. The Bertz CT molecular complexity index is 695. The number of piperidine rings is 1. The van der Waals surface area contributed by atoms with Crippen LogP contribution in [0.3, 0.4) is 0 Å². The van der Waals surface area contributed by atoms with E-state index in [0.29, 0.717) is 6.04 Å². The Morgan fingerprint density at radius 1 is 1.19 bits per heavy atom. The van der Waals surface area contributed by atoms with Crippen molar-refractivity contribution in [2.45, 2.75) is 25.3 Å². The van der Waals surface area contributed by atoms with Gasteiger partial charge in [0.15, 0.2) is 11.5 Å². The number of benzene rings is 1.